The van der Waals surface area contributed by atoms with E-state index in [4.69, 9.17) is 0 Å². The zero-order chi connectivity index (χ0) is 14.8. The first-order valence-corrected chi connectivity index (χ1v) is 8.51. The lowest BCUT2D eigenvalue weighted by molar-refractivity contribution is 0.304. The third-order valence-corrected chi connectivity index (χ3v) is 5.48. The van der Waals surface area contributed by atoms with Crippen LogP contribution < -0.4 is 10.6 Å². The molecule has 21 heavy (non-hydrogen) atoms. The van der Waals surface area contributed by atoms with Crippen LogP contribution in [0.25, 0.3) is 0 Å². The van der Waals surface area contributed by atoms with E-state index in [1.165, 1.54) is 31.2 Å². The number of anilines is 2. The monoisotopic (exact) mass is 288 g/mol. The molecule has 1 heterocycles. The summed E-state index contributed by atoms with van der Waals surface area (Å²) in [5, 5.41) is 6.91. The van der Waals surface area contributed by atoms with Gasteiger partial charge in [-0.05, 0) is 50.4 Å². The normalized spacial score (nSPS) is 28.6. The van der Waals surface area contributed by atoms with E-state index in [1.54, 1.807) is 6.33 Å². The molecule has 4 unspecified atom stereocenters. The van der Waals surface area contributed by atoms with Crippen LogP contribution in [-0.2, 0) is 6.42 Å². The second-order valence-corrected chi connectivity index (χ2v) is 6.82. The minimum Gasteiger partial charge on any atom is -0.373 e. The van der Waals surface area contributed by atoms with Crippen molar-refractivity contribution >= 4 is 11.6 Å². The molecule has 0 amide bonds. The summed E-state index contributed by atoms with van der Waals surface area (Å²) in [6.07, 6.45) is 9.57. The maximum Gasteiger partial charge on any atom is 0.134 e. The highest BCUT2D eigenvalue weighted by Crippen LogP contribution is 2.49. The fourth-order valence-electron chi connectivity index (χ4n) is 4.47. The predicted octanol–water partition coefficient (Wildman–Crippen LogP) is 3.71. The van der Waals surface area contributed by atoms with Crippen LogP contribution >= 0.6 is 0 Å². The van der Waals surface area contributed by atoms with Crippen molar-refractivity contribution in [2.75, 3.05) is 17.7 Å². The molecule has 116 valence electrons. The molecule has 0 aromatic carbocycles. The van der Waals surface area contributed by atoms with Gasteiger partial charge in [0, 0.05) is 18.7 Å². The van der Waals surface area contributed by atoms with E-state index in [-0.39, 0.29) is 0 Å². The van der Waals surface area contributed by atoms with Gasteiger partial charge in [-0.1, -0.05) is 19.8 Å². The van der Waals surface area contributed by atoms with Gasteiger partial charge < -0.3 is 10.6 Å². The second-order valence-electron chi connectivity index (χ2n) is 6.82. The number of hydrogen-bond acceptors (Lipinski definition) is 4. The maximum absolute atomic E-state index is 4.52. The molecular weight excluding hydrogens is 260 g/mol. The molecule has 0 aliphatic heterocycles. The van der Waals surface area contributed by atoms with E-state index in [0.29, 0.717) is 6.04 Å². The summed E-state index contributed by atoms with van der Waals surface area (Å²) in [5.41, 5.74) is 1.23. The lowest BCUT2D eigenvalue weighted by atomic mass is 9.84. The molecule has 0 radical (unpaired) electrons. The fourth-order valence-corrected chi connectivity index (χ4v) is 4.47. The van der Waals surface area contributed by atoms with Crippen molar-refractivity contribution in [1.82, 2.24) is 9.97 Å². The van der Waals surface area contributed by atoms with Crippen LogP contribution in [0.1, 0.15) is 51.5 Å². The number of rotatable bonds is 6. The summed E-state index contributed by atoms with van der Waals surface area (Å²) in [6, 6.07) is 0.510. The molecule has 2 saturated carbocycles. The molecule has 2 aliphatic rings. The third kappa shape index (κ3) is 2.85. The largest absolute Gasteiger partial charge is 0.373 e. The average molecular weight is 288 g/mol. The molecular formula is C17H28N4. The van der Waals surface area contributed by atoms with Crippen molar-refractivity contribution in [3.63, 3.8) is 0 Å². The Morgan fingerprint density at radius 2 is 2.05 bits per heavy atom. The smallest absolute Gasteiger partial charge is 0.134 e. The molecule has 0 spiro atoms. The first-order chi connectivity index (χ1) is 10.2. The van der Waals surface area contributed by atoms with Gasteiger partial charge in [-0.15, -0.1) is 0 Å². The Kier molecular flexibility index (Phi) is 4.32. The fraction of sp³-hybridized carbons (Fsp3) is 0.765. The van der Waals surface area contributed by atoms with E-state index in [2.05, 4.69) is 34.4 Å². The Hall–Kier alpha value is -1.32. The lowest BCUT2D eigenvalue weighted by Crippen LogP contribution is -2.30. The van der Waals surface area contributed by atoms with E-state index < -0.39 is 0 Å². The summed E-state index contributed by atoms with van der Waals surface area (Å²) >= 11 is 0. The Morgan fingerprint density at radius 3 is 2.67 bits per heavy atom. The van der Waals surface area contributed by atoms with Gasteiger partial charge in [-0.2, -0.15) is 0 Å². The lowest BCUT2D eigenvalue weighted by Gasteiger charge is -2.29. The van der Waals surface area contributed by atoms with E-state index in [1.807, 2.05) is 7.05 Å². The molecule has 1 aromatic rings. The van der Waals surface area contributed by atoms with Crippen LogP contribution in [-0.4, -0.2) is 23.1 Å². The molecule has 4 nitrogen and oxygen atoms in total. The molecule has 0 saturated heterocycles. The summed E-state index contributed by atoms with van der Waals surface area (Å²) in [6.45, 7) is 4.54. The number of nitrogens with one attached hydrogen (secondary N) is 2. The highest BCUT2D eigenvalue weighted by Gasteiger charge is 2.41. The minimum absolute atomic E-state index is 0.510. The van der Waals surface area contributed by atoms with Crippen molar-refractivity contribution in [2.24, 2.45) is 17.8 Å². The number of nitrogens with zero attached hydrogens (tertiary/aromatic N) is 2. The molecule has 2 N–H and O–H groups in total. The summed E-state index contributed by atoms with van der Waals surface area (Å²) in [7, 11) is 1.94. The zero-order valence-electron chi connectivity index (χ0n) is 13.5. The summed E-state index contributed by atoms with van der Waals surface area (Å²) in [4.78, 5) is 8.87. The van der Waals surface area contributed by atoms with Gasteiger partial charge in [0.1, 0.15) is 18.0 Å². The van der Waals surface area contributed by atoms with Gasteiger partial charge in [-0.3, -0.25) is 0 Å². The van der Waals surface area contributed by atoms with Gasteiger partial charge in [0.15, 0.2) is 0 Å². The van der Waals surface area contributed by atoms with Crippen molar-refractivity contribution in [3.05, 3.63) is 11.9 Å². The van der Waals surface area contributed by atoms with Gasteiger partial charge >= 0.3 is 0 Å². The number of hydrogen-bond donors (Lipinski definition) is 2. The van der Waals surface area contributed by atoms with Crippen LogP contribution in [0.4, 0.5) is 11.6 Å². The molecule has 2 bridgehead atoms. The molecule has 4 atom stereocenters. The molecule has 4 heteroatoms. The predicted molar refractivity (Wildman–Crippen MR) is 87.6 cm³/mol. The summed E-state index contributed by atoms with van der Waals surface area (Å²) < 4.78 is 0. The highest BCUT2D eigenvalue weighted by atomic mass is 15.1. The summed E-state index contributed by atoms with van der Waals surface area (Å²) in [5.74, 6) is 4.77. The molecule has 3 rings (SSSR count). The standard InChI is InChI=1S/C17H28N4/c1-4-5-14-16(18-3)19-10-20-17(14)21-11(2)15-9-12-6-7-13(15)8-12/h10-13,15H,4-9H2,1-3H3,(H2,18,19,20,21). The minimum atomic E-state index is 0.510. The molecule has 2 aliphatic carbocycles. The Labute approximate surface area is 128 Å². The Balaban J connectivity index is 1.74. The molecule has 2 fully saturated rings. The number of fused-ring (bicyclic) bond motifs is 2. The van der Waals surface area contributed by atoms with Crippen molar-refractivity contribution in [3.8, 4) is 0 Å². The van der Waals surface area contributed by atoms with Crippen LogP contribution in [0.2, 0.25) is 0 Å². The maximum atomic E-state index is 4.52. The van der Waals surface area contributed by atoms with Gasteiger partial charge in [0.2, 0.25) is 0 Å². The van der Waals surface area contributed by atoms with E-state index in [9.17, 15) is 0 Å². The van der Waals surface area contributed by atoms with Crippen LogP contribution in [0.15, 0.2) is 6.33 Å². The van der Waals surface area contributed by atoms with Gasteiger partial charge in [-0.25, -0.2) is 9.97 Å². The van der Waals surface area contributed by atoms with Crippen molar-refractivity contribution < 1.29 is 0 Å². The average Bonchev–Trinajstić information content (AvgIpc) is 3.12. The quantitative estimate of drug-likeness (QED) is 0.838. The van der Waals surface area contributed by atoms with Crippen molar-refractivity contribution in [1.29, 1.82) is 0 Å². The van der Waals surface area contributed by atoms with E-state index in [0.717, 1.165) is 42.2 Å². The number of aromatic nitrogens is 2. The Bertz CT molecular complexity index is 488. The first-order valence-electron chi connectivity index (χ1n) is 8.51. The third-order valence-electron chi connectivity index (χ3n) is 5.48. The van der Waals surface area contributed by atoms with E-state index >= 15 is 0 Å². The highest BCUT2D eigenvalue weighted by molar-refractivity contribution is 5.57. The van der Waals surface area contributed by atoms with Crippen molar-refractivity contribution in [2.45, 2.75) is 58.4 Å². The van der Waals surface area contributed by atoms with Crippen LogP contribution in [0.5, 0.6) is 0 Å². The Morgan fingerprint density at radius 1 is 1.24 bits per heavy atom. The van der Waals surface area contributed by atoms with Crippen LogP contribution in [0, 0.1) is 17.8 Å². The second kappa shape index (κ2) is 6.20. The van der Waals surface area contributed by atoms with Gasteiger partial charge in [0.25, 0.3) is 0 Å². The SMILES string of the molecule is CCCc1c(NC)ncnc1NC(C)C1CC2CCC1C2. The topological polar surface area (TPSA) is 49.8 Å². The zero-order valence-corrected chi connectivity index (χ0v) is 13.5. The van der Waals surface area contributed by atoms with Crippen LogP contribution in [0.3, 0.4) is 0 Å². The first kappa shape index (κ1) is 14.6. The van der Waals surface area contributed by atoms with Gasteiger partial charge in [0.05, 0.1) is 0 Å². The molecule has 1 aromatic heterocycles.